The molecule has 0 heterocycles. The third-order valence-corrected chi connectivity index (χ3v) is 13.5. The van der Waals surface area contributed by atoms with Gasteiger partial charge in [-0.15, -0.1) is 0 Å². The van der Waals surface area contributed by atoms with Gasteiger partial charge in [-0.3, -0.25) is 9.59 Å². The molecule has 0 bridgehead atoms. The standard InChI is InChI=1S/C60H113NO5/c1-4-7-10-13-16-19-22-25-27-29-31-33-35-38-41-44-47-50-53-60(65)66-56(51-48-45-42-39-36-24-21-18-15-12-9-6-3)54-59(64)61-57(55-62)58(63)52-49-46-43-40-37-34-32-30-28-26-23-20-17-14-11-8-5-2/h22,25,27,29,31,33,56-58,62-63H,4-21,23-24,26,28,30,32,34-55H2,1-3H3,(H,61,64)/b25-22+,29-27+,33-31+. The monoisotopic (exact) mass is 928 g/mol. The second-order valence-corrected chi connectivity index (χ2v) is 20.1. The maximum absolute atomic E-state index is 13.3. The van der Waals surface area contributed by atoms with E-state index in [9.17, 15) is 19.8 Å². The van der Waals surface area contributed by atoms with Crippen LogP contribution >= 0.6 is 0 Å². The Morgan fingerprint density at radius 1 is 0.439 bits per heavy atom. The van der Waals surface area contributed by atoms with Crippen molar-refractivity contribution in [2.45, 2.75) is 328 Å². The summed E-state index contributed by atoms with van der Waals surface area (Å²) in [5.74, 6) is -0.481. The number of ether oxygens (including phenoxy) is 1. The number of hydrogen-bond acceptors (Lipinski definition) is 5. The lowest BCUT2D eigenvalue weighted by Gasteiger charge is -2.24. The van der Waals surface area contributed by atoms with Crippen LogP contribution < -0.4 is 5.32 Å². The summed E-state index contributed by atoms with van der Waals surface area (Å²) >= 11 is 0. The minimum absolute atomic E-state index is 0.0736. The number of allylic oxidation sites excluding steroid dienone is 6. The largest absolute Gasteiger partial charge is 0.462 e. The molecule has 0 aromatic carbocycles. The number of aliphatic hydroxyl groups is 2. The zero-order chi connectivity index (χ0) is 48.1. The van der Waals surface area contributed by atoms with E-state index in [0.29, 0.717) is 19.3 Å². The zero-order valence-electron chi connectivity index (χ0n) is 44.3. The number of nitrogens with one attached hydrogen (secondary N) is 1. The lowest BCUT2D eigenvalue weighted by Crippen LogP contribution is -2.46. The Bertz CT molecular complexity index is 1090. The SMILES string of the molecule is CCCCCCC/C=C/C=C/C=C/CCCCCCCC(=O)OC(CCCCCCCCCCCCCC)CC(=O)NC(CO)C(O)CCCCCCCCCCCCCCCCCCC. The van der Waals surface area contributed by atoms with E-state index in [0.717, 1.165) is 64.2 Å². The fourth-order valence-electron chi connectivity index (χ4n) is 9.08. The van der Waals surface area contributed by atoms with Gasteiger partial charge in [-0.1, -0.05) is 282 Å². The van der Waals surface area contributed by atoms with Gasteiger partial charge < -0.3 is 20.3 Å². The molecule has 0 saturated heterocycles. The van der Waals surface area contributed by atoms with E-state index < -0.39 is 18.2 Å². The van der Waals surface area contributed by atoms with Crippen molar-refractivity contribution in [3.05, 3.63) is 36.5 Å². The molecule has 6 nitrogen and oxygen atoms in total. The van der Waals surface area contributed by atoms with Gasteiger partial charge in [0.1, 0.15) is 6.10 Å². The molecule has 0 aromatic heterocycles. The van der Waals surface area contributed by atoms with E-state index in [-0.39, 0.29) is 24.9 Å². The molecule has 66 heavy (non-hydrogen) atoms. The van der Waals surface area contributed by atoms with E-state index in [1.807, 2.05) is 0 Å². The highest BCUT2D eigenvalue weighted by molar-refractivity contribution is 5.77. The number of rotatable bonds is 53. The Morgan fingerprint density at radius 2 is 0.773 bits per heavy atom. The van der Waals surface area contributed by atoms with Crippen molar-refractivity contribution < 1.29 is 24.5 Å². The molecule has 6 heteroatoms. The number of amides is 1. The number of carbonyl (C=O) groups is 2. The van der Waals surface area contributed by atoms with E-state index in [1.165, 1.54) is 199 Å². The number of carbonyl (C=O) groups excluding carboxylic acids is 2. The van der Waals surface area contributed by atoms with Crippen molar-refractivity contribution in [1.82, 2.24) is 5.32 Å². The molecule has 3 N–H and O–H groups in total. The second kappa shape index (κ2) is 54.0. The quantitative estimate of drug-likeness (QED) is 0.0321. The number of hydrogen-bond donors (Lipinski definition) is 3. The Hall–Kier alpha value is -1.92. The number of aliphatic hydroxyl groups excluding tert-OH is 2. The molecule has 1 amide bonds. The summed E-state index contributed by atoms with van der Waals surface area (Å²) in [5.41, 5.74) is 0. The van der Waals surface area contributed by atoms with Crippen molar-refractivity contribution in [3.8, 4) is 0 Å². The summed E-state index contributed by atoms with van der Waals surface area (Å²) in [6.07, 6.45) is 64.9. The van der Waals surface area contributed by atoms with Crippen LogP contribution in [0.4, 0.5) is 0 Å². The van der Waals surface area contributed by atoms with Gasteiger partial charge in [0.15, 0.2) is 0 Å². The fraction of sp³-hybridized carbons (Fsp3) is 0.867. The molecule has 3 atom stereocenters. The van der Waals surface area contributed by atoms with Crippen molar-refractivity contribution in [2.24, 2.45) is 0 Å². The molecule has 0 rings (SSSR count). The van der Waals surface area contributed by atoms with Crippen molar-refractivity contribution >= 4 is 11.9 Å². The second-order valence-electron chi connectivity index (χ2n) is 20.1. The molecule has 0 radical (unpaired) electrons. The average Bonchev–Trinajstić information content (AvgIpc) is 3.31. The van der Waals surface area contributed by atoms with E-state index >= 15 is 0 Å². The van der Waals surface area contributed by atoms with Crippen molar-refractivity contribution in [2.75, 3.05) is 6.61 Å². The van der Waals surface area contributed by atoms with E-state index in [4.69, 9.17) is 4.74 Å². The van der Waals surface area contributed by atoms with Gasteiger partial charge in [-0.2, -0.15) is 0 Å². The lowest BCUT2D eigenvalue weighted by molar-refractivity contribution is -0.151. The highest BCUT2D eigenvalue weighted by Crippen LogP contribution is 2.19. The molecule has 0 aliphatic carbocycles. The summed E-state index contributed by atoms with van der Waals surface area (Å²) in [7, 11) is 0. The maximum atomic E-state index is 13.3. The Kier molecular flexibility index (Phi) is 52.5. The smallest absolute Gasteiger partial charge is 0.306 e. The van der Waals surface area contributed by atoms with Crippen LogP contribution in [-0.4, -0.2) is 46.9 Å². The van der Waals surface area contributed by atoms with E-state index in [2.05, 4.69) is 62.5 Å². The van der Waals surface area contributed by atoms with Crippen LogP contribution in [0.3, 0.4) is 0 Å². The van der Waals surface area contributed by atoms with Crippen LogP contribution in [0.15, 0.2) is 36.5 Å². The lowest BCUT2D eigenvalue weighted by atomic mass is 10.0. The normalized spacial score (nSPS) is 13.3. The molecule has 0 aliphatic heterocycles. The highest BCUT2D eigenvalue weighted by Gasteiger charge is 2.24. The average molecular weight is 929 g/mol. The first-order valence-electron chi connectivity index (χ1n) is 29.2. The molecule has 0 fully saturated rings. The molecule has 0 aromatic rings. The molecular weight excluding hydrogens is 815 g/mol. The topological polar surface area (TPSA) is 95.9 Å². The minimum Gasteiger partial charge on any atom is -0.462 e. The van der Waals surface area contributed by atoms with Crippen LogP contribution in [0.1, 0.15) is 310 Å². The molecule has 0 spiro atoms. The van der Waals surface area contributed by atoms with Gasteiger partial charge in [-0.25, -0.2) is 0 Å². The van der Waals surface area contributed by atoms with Crippen molar-refractivity contribution in [1.29, 1.82) is 0 Å². The summed E-state index contributed by atoms with van der Waals surface area (Å²) in [5, 5.41) is 23.9. The summed E-state index contributed by atoms with van der Waals surface area (Å²) in [6.45, 7) is 6.50. The van der Waals surface area contributed by atoms with Gasteiger partial charge in [0.25, 0.3) is 0 Å². The summed E-state index contributed by atoms with van der Waals surface area (Å²) in [4.78, 5) is 26.3. The van der Waals surface area contributed by atoms with Crippen LogP contribution in [-0.2, 0) is 14.3 Å². The Balaban J connectivity index is 4.50. The number of unbranched alkanes of at least 4 members (excludes halogenated alkanes) is 37. The fourth-order valence-corrected chi connectivity index (χ4v) is 9.08. The van der Waals surface area contributed by atoms with Crippen LogP contribution in [0.25, 0.3) is 0 Å². The summed E-state index contributed by atoms with van der Waals surface area (Å²) < 4.78 is 5.95. The van der Waals surface area contributed by atoms with Gasteiger partial charge in [0, 0.05) is 6.42 Å². The number of esters is 1. The van der Waals surface area contributed by atoms with Crippen LogP contribution in [0.5, 0.6) is 0 Å². The molecule has 388 valence electrons. The van der Waals surface area contributed by atoms with Gasteiger partial charge in [-0.05, 0) is 51.4 Å². The van der Waals surface area contributed by atoms with Crippen LogP contribution in [0, 0.1) is 0 Å². The molecular formula is C60H113NO5. The van der Waals surface area contributed by atoms with Crippen molar-refractivity contribution in [3.63, 3.8) is 0 Å². The van der Waals surface area contributed by atoms with Gasteiger partial charge >= 0.3 is 5.97 Å². The first-order valence-corrected chi connectivity index (χ1v) is 29.2. The molecule has 3 unspecified atom stereocenters. The van der Waals surface area contributed by atoms with Gasteiger partial charge in [0.2, 0.25) is 5.91 Å². The maximum Gasteiger partial charge on any atom is 0.306 e. The predicted molar refractivity (Wildman–Crippen MR) is 287 cm³/mol. The van der Waals surface area contributed by atoms with Gasteiger partial charge in [0.05, 0.1) is 25.2 Å². The first kappa shape index (κ1) is 64.1. The highest BCUT2D eigenvalue weighted by atomic mass is 16.5. The first-order chi connectivity index (χ1) is 32.5. The minimum atomic E-state index is -0.789. The Morgan fingerprint density at radius 3 is 1.15 bits per heavy atom. The van der Waals surface area contributed by atoms with E-state index in [1.54, 1.807) is 0 Å². The predicted octanol–water partition coefficient (Wildman–Crippen LogP) is 18.0. The third kappa shape index (κ3) is 48.5. The molecule has 0 aliphatic rings. The molecule has 0 saturated carbocycles. The third-order valence-electron chi connectivity index (χ3n) is 13.5. The Labute approximate surface area is 411 Å². The van der Waals surface area contributed by atoms with Crippen LogP contribution in [0.2, 0.25) is 0 Å². The summed E-state index contributed by atoms with van der Waals surface area (Å²) in [6, 6.07) is -0.703. The zero-order valence-corrected chi connectivity index (χ0v) is 44.3.